The number of benzene rings is 1. The molecule has 1 aromatic carbocycles. The highest BCUT2D eigenvalue weighted by Gasteiger charge is 2.40. The molecule has 24 heavy (non-hydrogen) atoms. The van der Waals surface area contributed by atoms with Gasteiger partial charge >= 0.3 is 12.1 Å². The van der Waals surface area contributed by atoms with Crippen LogP contribution in [0.3, 0.4) is 0 Å². The van der Waals surface area contributed by atoms with Gasteiger partial charge in [0.25, 0.3) is 0 Å². The summed E-state index contributed by atoms with van der Waals surface area (Å²) >= 11 is 0. The van der Waals surface area contributed by atoms with Crippen LogP contribution in [0.2, 0.25) is 0 Å². The first kappa shape index (κ1) is 18.3. The minimum Gasteiger partial charge on any atom is -0.468 e. The van der Waals surface area contributed by atoms with Crippen LogP contribution < -0.4 is 0 Å². The predicted octanol–water partition coefficient (Wildman–Crippen LogP) is 3.73. The number of carbonyl (C=O) groups excluding carboxylic acids is 2. The van der Waals surface area contributed by atoms with E-state index in [-0.39, 0.29) is 18.1 Å². The summed E-state index contributed by atoms with van der Waals surface area (Å²) in [7, 11) is 1.39. The maximum absolute atomic E-state index is 12.6. The Balaban J connectivity index is 2.31. The number of carbonyl (C=O) groups is 2. The van der Waals surface area contributed by atoms with Gasteiger partial charge in [0.2, 0.25) is 0 Å². The lowest BCUT2D eigenvalue weighted by Gasteiger charge is -2.40. The van der Waals surface area contributed by atoms with Gasteiger partial charge in [-0.1, -0.05) is 30.3 Å². The number of ether oxygens (including phenoxy) is 2. The third-order valence-electron chi connectivity index (χ3n) is 4.18. The number of rotatable bonds is 3. The van der Waals surface area contributed by atoms with E-state index < -0.39 is 11.5 Å². The van der Waals surface area contributed by atoms with Crippen LogP contribution in [-0.4, -0.2) is 42.3 Å². The standard InChI is InChI=1S/C19H27NO4/c1-19(2,3)24-18(22)20-13-9-8-12-15(20)16(17(21)23-4)14-10-6-5-7-11-14/h5-7,10-11,15-16H,8-9,12-13H2,1-4H3. The van der Waals surface area contributed by atoms with Crippen molar-refractivity contribution >= 4 is 12.1 Å². The van der Waals surface area contributed by atoms with E-state index in [0.717, 1.165) is 24.8 Å². The first-order chi connectivity index (χ1) is 11.3. The minimum atomic E-state index is -0.563. The largest absolute Gasteiger partial charge is 0.468 e. The fourth-order valence-electron chi connectivity index (χ4n) is 3.15. The first-order valence-corrected chi connectivity index (χ1v) is 8.46. The molecular weight excluding hydrogens is 306 g/mol. The molecule has 5 nitrogen and oxygen atoms in total. The van der Waals surface area contributed by atoms with Gasteiger partial charge in [0.05, 0.1) is 13.2 Å². The zero-order valence-electron chi connectivity index (χ0n) is 15.0. The third kappa shape index (κ3) is 4.49. The number of hydrogen-bond donors (Lipinski definition) is 0. The van der Waals surface area contributed by atoms with E-state index in [2.05, 4.69) is 0 Å². The molecular formula is C19H27NO4. The van der Waals surface area contributed by atoms with E-state index in [1.807, 2.05) is 51.1 Å². The molecule has 1 aliphatic heterocycles. The van der Waals surface area contributed by atoms with Crippen molar-refractivity contribution in [3.8, 4) is 0 Å². The van der Waals surface area contributed by atoms with Crippen molar-refractivity contribution in [2.75, 3.05) is 13.7 Å². The molecule has 1 fully saturated rings. The average molecular weight is 333 g/mol. The zero-order valence-corrected chi connectivity index (χ0v) is 15.0. The Bertz CT molecular complexity index is 564. The van der Waals surface area contributed by atoms with Crippen molar-refractivity contribution in [2.24, 2.45) is 0 Å². The van der Waals surface area contributed by atoms with Gasteiger partial charge in [-0.2, -0.15) is 0 Å². The topological polar surface area (TPSA) is 55.8 Å². The monoisotopic (exact) mass is 333 g/mol. The van der Waals surface area contributed by atoms with Gasteiger partial charge in [-0.25, -0.2) is 4.79 Å². The molecule has 0 N–H and O–H groups in total. The zero-order chi connectivity index (χ0) is 17.7. The van der Waals surface area contributed by atoms with E-state index in [4.69, 9.17) is 9.47 Å². The Morgan fingerprint density at radius 2 is 1.83 bits per heavy atom. The summed E-state index contributed by atoms with van der Waals surface area (Å²) in [6.07, 6.45) is 2.29. The van der Waals surface area contributed by atoms with Crippen molar-refractivity contribution < 1.29 is 19.1 Å². The SMILES string of the molecule is COC(=O)C(c1ccccc1)C1CCCCN1C(=O)OC(C)(C)C. The Kier molecular flexibility index (Phi) is 5.86. The molecule has 1 aliphatic rings. The van der Waals surface area contributed by atoms with Crippen molar-refractivity contribution in [1.29, 1.82) is 0 Å². The lowest BCUT2D eigenvalue weighted by Crippen LogP contribution is -2.50. The summed E-state index contributed by atoms with van der Waals surface area (Å²) in [5, 5.41) is 0. The molecule has 1 amide bonds. The van der Waals surface area contributed by atoms with Crippen molar-refractivity contribution in [3.05, 3.63) is 35.9 Å². The maximum Gasteiger partial charge on any atom is 0.410 e. The Morgan fingerprint density at radius 1 is 1.17 bits per heavy atom. The molecule has 1 heterocycles. The summed E-state index contributed by atoms with van der Waals surface area (Å²) in [6.45, 7) is 6.14. The molecule has 2 unspecified atom stereocenters. The van der Waals surface area contributed by atoms with Gasteiger partial charge < -0.3 is 14.4 Å². The highest BCUT2D eigenvalue weighted by Crippen LogP contribution is 2.32. The van der Waals surface area contributed by atoms with Crippen LogP contribution in [0.1, 0.15) is 51.5 Å². The summed E-state index contributed by atoms with van der Waals surface area (Å²) < 4.78 is 10.6. The summed E-state index contributed by atoms with van der Waals surface area (Å²) in [4.78, 5) is 26.8. The van der Waals surface area contributed by atoms with Crippen molar-refractivity contribution in [1.82, 2.24) is 4.90 Å². The van der Waals surface area contributed by atoms with E-state index in [1.165, 1.54) is 7.11 Å². The predicted molar refractivity (Wildman–Crippen MR) is 91.8 cm³/mol. The highest BCUT2D eigenvalue weighted by atomic mass is 16.6. The molecule has 0 radical (unpaired) electrons. The van der Waals surface area contributed by atoms with Gasteiger partial charge in [-0.05, 0) is 45.6 Å². The Morgan fingerprint density at radius 3 is 2.42 bits per heavy atom. The van der Waals surface area contributed by atoms with Gasteiger partial charge in [0.15, 0.2) is 0 Å². The molecule has 2 atom stereocenters. The van der Waals surface area contributed by atoms with Gasteiger partial charge in [-0.3, -0.25) is 4.79 Å². The van der Waals surface area contributed by atoms with Crippen LogP contribution in [0.15, 0.2) is 30.3 Å². The first-order valence-electron chi connectivity index (χ1n) is 8.46. The van der Waals surface area contributed by atoms with E-state index in [0.29, 0.717) is 6.54 Å². The second-order valence-corrected chi connectivity index (χ2v) is 7.15. The fourth-order valence-corrected chi connectivity index (χ4v) is 3.15. The second kappa shape index (κ2) is 7.69. The van der Waals surface area contributed by atoms with Crippen molar-refractivity contribution in [3.63, 3.8) is 0 Å². The van der Waals surface area contributed by atoms with Crippen LogP contribution in [-0.2, 0) is 14.3 Å². The lowest BCUT2D eigenvalue weighted by atomic mass is 9.85. The van der Waals surface area contributed by atoms with E-state index >= 15 is 0 Å². The molecule has 0 saturated carbocycles. The summed E-state index contributed by atoms with van der Waals surface area (Å²) in [5.41, 5.74) is 0.303. The smallest absolute Gasteiger partial charge is 0.410 e. The number of methoxy groups -OCH3 is 1. The van der Waals surface area contributed by atoms with E-state index in [9.17, 15) is 9.59 Å². The molecule has 0 bridgehead atoms. The molecule has 5 heteroatoms. The fraction of sp³-hybridized carbons (Fsp3) is 0.579. The highest BCUT2D eigenvalue weighted by molar-refractivity contribution is 5.80. The van der Waals surface area contributed by atoms with E-state index in [1.54, 1.807) is 4.90 Å². The quantitative estimate of drug-likeness (QED) is 0.791. The van der Waals surface area contributed by atoms with Crippen LogP contribution in [0.5, 0.6) is 0 Å². The van der Waals surface area contributed by atoms with Gasteiger partial charge in [0.1, 0.15) is 11.5 Å². The molecule has 0 spiro atoms. The Hall–Kier alpha value is -2.04. The number of nitrogens with zero attached hydrogens (tertiary/aromatic N) is 1. The van der Waals surface area contributed by atoms with Crippen LogP contribution in [0.25, 0.3) is 0 Å². The molecule has 0 aromatic heterocycles. The molecule has 0 aliphatic carbocycles. The number of likely N-dealkylation sites (tertiary alicyclic amines) is 1. The number of hydrogen-bond acceptors (Lipinski definition) is 4. The van der Waals surface area contributed by atoms with Crippen LogP contribution >= 0.6 is 0 Å². The number of amides is 1. The van der Waals surface area contributed by atoms with Crippen LogP contribution in [0, 0.1) is 0 Å². The molecule has 1 saturated heterocycles. The molecule has 2 rings (SSSR count). The number of esters is 1. The Labute approximate surface area is 143 Å². The summed E-state index contributed by atoms with van der Waals surface area (Å²) in [6, 6.07) is 9.26. The molecule has 1 aromatic rings. The third-order valence-corrected chi connectivity index (χ3v) is 4.18. The lowest BCUT2D eigenvalue weighted by molar-refractivity contribution is -0.144. The second-order valence-electron chi connectivity index (χ2n) is 7.15. The molecule has 132 valence electrons. The normalized spacial score (nSPS) is 19.5. The van der Waals surface area contributed by atoms with Gasteiger partial charge in [-0.15, -0.1) is 0 Å². The summed E-state index contributed by atoms with van der Waals surface area (Å²) in [5.74, 6) is -0.814. The maximum atomic E-state index is 12.6. The van der Waals surface area contributed by atoms with Crippen LogP contribution in [0.4, 0.5) is 4.79 Å². The number of piperidine rings is 1. The van der Waals surface area contributed by atoms with Crippen molar-refractivity contribution in [2.45, 2.75) is 57.6 Å². The minimum absolute atomic E-state index is 0.247. The van der Waals surface area contributed by atoms with Gasteiger partial charge in [0, 0.05) is 6.54 Å². The average Bonchev–Trinajstić information content (AvgIpc) is 2.54.